The summed E-state index contributed by atoms with van der Waals surface area (Å²) in [6.45, 7) is 0. The van der Waals surface area contributed by atoms with E-state index in [9.17, 15) is 0 Å². The average molecular weight is 360 g/mol. The third-order valence-electron chi connectivity index (χ3n) is 4.93. The first-order chi connectivity index (χ1) is 13.8. The van der Waals surface area contributed by atoms with Gasteiger partial charge in [0.25, 0.3) is 0 Å². The minimum absolute atomic E-state index is 0.667. The van der Waals surface area contributed by atoms with Gasteiger partial charge in [0.05, 0.1) is 11.6 Å². The first kappa shape index (κ1) is 17.6. The van der Waals surface area contributed by atoms with Gasteiger partial charge < -0.3 is 4.90 Å². The van der Waals surface area contributed by atoms with Crippen LogP contribution in [0, 0.1) is 11.3 Å². The molecule has 0 fully saturated rings. The summed E-state index contributed by atoms with van der Waals surface area (Å²) in [4.78, 5) is 2.16. The van der Waals surface area contributed by atoms with Gasteiger partial charge in [0, 0.05) is 24.0 Å². The van der Waals surface area contributed by atoms with E-state index in [0.717, 1.165) is 11.4 Å². The second-order valence-corrected chi connectivity index (χ2v) is 6.68. The fourth-order valence-electron chi connectivity index (χ4n) is 3.39. The minimum Gasteiger partial charge on any atom is -0.344 e. The van der Waals surface area contributed by atoms with Crippen LogP contribution in [0.25, 0.3) is 22.3 Å². The molecule has 0 N–H and O–H groups in total. The van der Waals surface area contributed by atoms with Crippen molar-refractivity contribution in [2.45, 2.75) is 0 Å². The van der Waals surface area contributed by atoms with Gasteiger partial charge in [-0.2, -0.15) is 5.26 Å². The van der Waals surface area contributed by atoms with E-state index in [2.05, 4.69) is 84.7 Å². The molecule has 2 nitrogen and oxygen atoms in total. The Balaban J connectivity index is 1.83. The number of benzene rings is 4. The van der Waals surface area contributed by atoms with E-state index in [4.69, 9.17) is 5.26 Å². The van der Waals surface area contributed by atoms with Crippen molar-refractivity contribution in [2.75, 3.05) is 11.9 Å². The van der Waals surface area contributed by atoms with Gasteiger partial charge >= 0.3 is 0 Å². The molecular weight excluding hydrogens is 340 g/mol. The second-order valence-electron chi connectivity index (χ2n) is 6.68. The van der Waals surface area contributed by atoms with Crippen LogP contribution < -0.4 is 4.90 Å². The Labute approximate surface area is 165 Å². The summed E-state index contributed by atoms with van der Waals surface area (Å²) in [7, 11) is 2.06. The smallest absolute Gasteiger partial charge is 0.0991 e. The SMILES string of the molecule is CN(c1ccc(C#N)cc1)c1ccc(-c2ccccc2)cc1-c1ccccc1. The van der Waals surface area contributed by atoms with Gasteiger partial charge in [-0.25, -0.2) is 0 Å². The molecule has 134 valence electrons. The van der Waals surface area contributed by atoms with Crippen LogP contribution in [0.1, 0.15) is 5.56 Å². The molecule has 0 unspecified atom stereocenters. The summed E-state index contributed by atoms with van der Waals surface area (Å²) >= 11 is 0. The third kappa shape index (κ3) is 3.51. The lowest BCUT2D eigenvalue weighted by Gasteiger charge is -2.24. The van der Waals surface area contributed by atoms with E-state index in [1.807, 2.05) is 36.4 Å². The zero-order chi connectivity index (χ0) is 19.3. The summed E-state index contributed by atoms with van der Waals surface area (Å²) in [6, 6.07) is 37.3. The van der Waals surface area contributed by atoms with E-state index in [1.165, 1.54) is 22.3 Å². The molecule has 2 heteroatoms. The highest BCUT2D eigenvalue weighted by Gasteiger charge is 2.13. The standard InChI is InChI=1S/C26H20N2/c1-28(24-15-12-20(19-27)13-16-24)26-17-14-23(21-8-4-2-5-9-21)18-25(26)22-10-6-3-7-11-22/h2-18H,1H3. The Morgan fingerprint density at radius 3 is 1.86 bits per heavy atom. The van der Waals surface area contributed by atoms with Crippen molar-refractivity contribution in [1.29, 1.82) is 5.26 Å². The zero-order valence-corrected chi connectivity index (χ0v) is 15.7. The van der Waals surface area contributed by atoms with Crippen molar-refractivity contribution in [3.8, 4) is 28.3 Å². The van der Waals surface area contributed by atoms with Gasteiger partial charge in [-0.15, -0.1) is 0 Å². The molecule has 4 aromatic carbocycles. The van der Waals surface area contributed by atoms with Crippen molar-refractivity contribution in [3.05, 3.63) is 109 Å². The molecule has 0 amide bonds. The highest BCUT2D eigenvalue weighted by molar-refractivity contribution is 5.86. The Bertz CT molecular complexity index is 1110. The topological polar surface area (TPSA) is 27.0 Å². The first-order valence-corrected chi connectivity index (χ1v) is 9.25. The number of nitriles is 1. The molecule has 0 aromatic heterocycles. The maximum absolute atomic E-state index is 9.05. The summed E-state index contributed by atoms with van der Waals surface area (Å²) in [5.41, 5.74) is 7.58. The van der Waals surface area contributed by atoms with Crippen LogP contribution in [0.5, 0.6) is 0 Å². The lowest BCUT2D eigenvalue weighted by Crippen LogP contribution is -2.10. The molecule has 0 spiro atoms. The maximum Gasteiger partial charge on any atom is 0.0991 e. The fourth-order valence-corrected chi connectivity index (χ4v) is 3.39. The number of nitrogens with zero attached hydrogens (tertiary/aromatic N) is 2. The predicted molar refractivity (Wildman–Crippen MR) is 117 cm³/mol. The lowest BCUT2D eigenvalue weighted by atomic mass is 9.96. The third-order valence-corrected chi connectivity index (χ3v) is 4.93. The summed E-state index contributed by atoms with van der Waals surface area (Å²) in [5, 5.41) is 9.05. The summed E-state index contributed by atoms with van der Waals surface area (Å²) < 4.78 is 0. The molecule has 4 aromatic rings. The van der Waals surface area contributed by atoms with Crippen LogP contribution in [0.2, 0.25) is 0 Å². The molecule has 28 heavy (non-hydrogen) atoms. The largest absolute Gasteiger partial charge is 0.344 e. The van der Waals surface area contributed by atoms with Crippen LogP contribution in [-0.2, 0) is 0 Å². The molecule has 0 bridgehead atoms. The van der Waals surface area contributed by atoms with E-state index in [0.29, 0.717) is 5.56 Å². The Morgan fingerprint density at radius 2 is 1.25 bits per heavy atom. The van der Waals surface area contributed by atoms with Crippen LogP contribution in [0.15, 0.2) is 103 Å². The van der Waals surface area contributed by atoms with E-state index in [-0.39, 0.29) is 0 Å². The first-order valence-electron chi connectivity index (χ1n) is 9.25. The number of anilines is 2. The molecule has 0 saturated heterocycles. The van der Waals surface area contributed by atoms with Gasteiger partial charge in [0.2, 0.25) is 0 Å². The van der Waals surface area contributed by atoms with Gasteiger partial charge in [-0.05, 0) is 53.1 Å². The van der Waals surface area contributed by atoms with Gasteiger partial charge in [-0.3, -0.25) is 0 Å². The van der Waals surface area contributed by atoms with Crippen LogP contribution in [0.4, 0.5) is 11.4 Å². The normalized spacial score (nSPS) is 10.3. The molecule has 0 saturated carbocycles. The number of rotatable bonds is 4. The van der Waals surface area contributed by atoms with Crippen molar-refractivity contribution in [1.82, 2.24) is 0 Å². The Morgan fingerprint density at radius 1 is 0.643 bits per heavy atom. The molecule has 0 aliphatic heterocycles. The predicted octanol–water partition coefficient (Wildman–Crippen LogP) is 6.66. The Hall–Kier alpha value is -3.83. The lowest BCUT2D eigenvalue weighted by molar-refractivity contribution is 1.21. The maximum atomic E-state index is 9.05. The van der Waals surface area contributed by atoms with Crippen LogP contribution in [-0.4, -0.2) is 7.05 Å². The molecule has 0 heterocycles. The number of hydrogen-bond donors (Lipinski definition) is 0. The minimum atomic E-state index is 0.667. The highest BCUT2D eigenvalue weighted by Crippen LogP contribution is 2.37. The van der Waals surface area contributed by atoms with E-state index >= 15 is 0 Å². The average Bonchev–Trinajstić information content (AvgIpc) is 2.79. The van der Waals surface area contributed by atoms with Gasteiger partial charge in [0.15, 0.2) is 0 Å². The molecular formula is C26H20N2. The molecule has 0 aliphatic carbocycles. The monoisotopic (exact) mass is 360 g/mol. The van der Waals surface area contributed by atoms with Crippen LogP contribution >= 0.6 is 0 Å². The summed E-state index contributed by atoms with van der Waals surface area (Å²) in [6.07, 6.45) is 0. The summed E-state index contributed by atoms with van der Waals surface area (Å²) in [5.74, 6) is 0. The van der Waals surface area contributed by atoms with E-state index in [1.54, 1.807) is 0 Å². The zero-order valence-electron chi connectivity index (χ0n) is 15.7. The quantitative estimate of drug-likeness (QED) is 0.407. The molecule has 4 rings (SSSR count). The van der Waals surface area contributed by atoms with Crippen molar-refractivity contribution in [3.63, 3.8) is 0 Å². The van der Waals surface area contributed by atoms with Gasteiger partial charge in [-0.1, -0.05) is 66.7 Å². The molecule has 0 radical (unpaired) electrons. The van der Waals surface area contributed by atoms with Crippen molar-refractivity contribution in [2.24, 2.45) is 0 Å². The number of hydrogen-bond acceptors (Lipinski definition) is 2. The highest BCUT2D eigenvalue weighted by atomic mass is 15.1. The van der Waals surface area contributed by atoms with E-state index < -0.39 is 0 Å². The molecule has 0 aliphatic rings. The fraction of sp³-hybridized carbons (Fsp3) is 0.0385. The van der Waals surface area contributed by atoms with Crippen molar-refractivity contribution < 1.29 is 0 Å². The Kier molecular flexibility index (Phi) is 4.91. The van der Waals surface area contributed by atoms with Crippen molar-refractivity contribution >= 4 is 11.4 Å². The molecule has 0 atom stereocenters. The van der Waals surface area contributed by atoms with Gasteiger partial charge in [0.1, 0.15) is 0 Å². The second kappa shape index (κ2) is 7.82. The van der Waals surface area contributed by atoms with Crippen LogP contribution in [0.3, 0.4) is 0 Å².